The Morgan fingerprint density at radius 3 is 2.92 bits per heavy atom. The van der Waals surface area contributed by atoms with Crippen molar-refractivity contribution < 1.29 is 14.3 Å². The Hall–Kier alpha value is -2.99. The van der Waals surface area contributed by atoms with Gasteiger partial charge in [-0.1, -0.05) is 18.2 Å². The van der Waals surface area contributed by atoms with Crippen molar-refractivity contribution in [3.05, 3.63) is 72.0 Å². The number of carboxylic acid groups (broad SMARTS) is 1. The van der Waals surface area contributed by atoms with Gasteiger partial charge in [0, 0.05) is 24.2 Å². The minimum absolute atomic E-state index is 0.239. The summed E-state index contributed by atoms with van der Waals surface area (Å²) in [6, 6.07) is 10.9. The molecule has 0 bridgehead atoms. The van der Waals surface area contributed by atoms with E-state index in [0.29, 0.717) is 17.9 Å². The van der Waals surface area contributed by atoms with Crippen molar-refractivity contribution >= 4 is 5.97 Å². The van der Waals surface area contributed by atoms with Crippen molar-refractivity contribution in [2.75, 3.05) is 6.54 Å². The first kappa shape index (κ1) is 16.5. The molecule has 132 valence electrons. The summed E-state index contributed by atoms with van der Waals surface area (Å²) >= 11 is 0. The molecule has 0 amide bonds. The zero-order valence-corrected chi connectivity index (χ0v) is 14.2. The molecule has 26 heavy (non-hydrogen) atoms. The number of hydrogen-bond acceptors (Lipinski definition) is 5. The van der Waals surface area contributed by atoms with E-state index in [1.165, 1.54) is 0 Å². The first-order valence-corrected chi connectivity index (χ1v) is 8.64. The van der Waals surface area contributed by atoms with Gasteiger partial charge in [0.05, 0.1) is 23.8 Å². The number of likely N-dealkylation sites (tertiary alicyclic amines) is 1. The molecule has 1 atom stereocenters. The number of hydrogen-bond donors (Lipinski definition) is 1. The zero-order chi connectivity index (χ0) is 17.9. The Morgan fingerprint density at radius 2 is 2.12 bits per heavy atom. The third kappa shape index (κ3) is 3.23. The number of furan rings is 1. The summed E-state index contributed by atoms with van der Waals surface area (Å²) in [4.78, 5) is 22.4. The fraction of sp³-hybridized carbons (Fsp3) is 0.250. The molecule has 4 rings (SSSR count). The van der Waals surface area contributed by atoms with E-state index in [9.17, 15) is 9.90 Å². The Morgan fingerprint density at radius 1 is 1.23 bits per heavy atom. The maximum atomic E-state index is 11.4. The molecule has 0 unspecified atom stereocenters. The Kier molecular flexibility index (Phi) is 4.50. The van der Waals surface area contributed by atoms with E-state index in [2.05, 4.69) is 14.9 Å². The van der Waals surface area contributed by atoms with Crippen molar-refractivity contribution in [2.45, 2.75) is 25.4 Å². The van der Waals surface area contributed by atoms with E-state index in [0.717, 1.165) is 30.8 Å². The molecule has 0 radical (unpaired) electrons. The summed E-state index contributed by atoms with van der Waals surface area (Å²) in [5, 5.41) is 9.36. The highest BCUT2D eigenvalue weighted by Crippen LogP contribution is 2.33. The first-order chi connectivity index (χ1) is 12.7. The first-order valence-electron chi connectivity index (χ1n) is 8.64. The monoisotopic (exact) mass is 349 g/mol. The van der Waals surface area contributed by atoms with E-state index in [-0.39, 0.29) is 11.6 Å². The van der Waals surface area contributed by atoms with Crippen LogP contribution in [0.15, 0.2) is 59.4 Å². The molecule has 1 aliphatic heterocycles. The molecule has 0 saturated carbocycles. The van der Waals surface area contributed by atoms with Crippen LogP contribution in [0, 0.1) is 0 Å². The Bertz CT molecular complexity index is 907. The van der Waals surface area contributed by atoms with Crippen molar-refractivity contribution in [1.29, 1.82) is 0 Å². The SMILES string of the molecule is O=C(O)c1ccccc1-c1ccc(CN2CCC[C@H]2c2cnccn2)o1. The molecule has 6 nitrogen and oxygen atoms in total. The van der Waals surface area contributed by atoms with Gasteiger partial charge in [0.2, 0.25) is 0 Å². The molecular formula is C20H19N3O3. The lowest BCUT2D eigenvalue weighted by Crippen LogP contribution is -2.23. The number of aromatic nitrogens is 2. The Balaban J connectivity index is 1.55. The normalized spacial score (nSPS) is 17.5. The molecule has 1 aromatic carbocycles. The van der Waals surface area contributed by atoms with Crippen LogP contribution in [0.2, 0.25) is 0 Å². The molecule has 0 aliphatic carbocycles. The molecule has 1 saturated heterocycles. The van der Waals surface area contributed by atoms with Gasteiger partial charge in [0.25, 0.3) is 0 Å². The van der Waals surface area contributed by atoms with Crippen LogP contribution in [0.3, 0.4) is 0 Å². The standard InChI is InChI=1S/C20H19N3O3/c24-20(25)16-5-2-1-4-15(16)19-8-7-14(26-19)13-23-11-3-6-18(23)17-12-21-9-10-22-17/h1-2,4-5,7-10,12,18H,3,6,11,13H2,(H,24,25)/t18-/m0/s1. The maximum absolute atomic E-state index is 11.4. The minimum Gasteiger partial charge on any atom is -0.478 e. The van der Waals surface area contributed by atoms with Gasteiger partial charge in [-0.2, -0.15) is 0 Å². The van der Waals surface area contributed by atoms with Gasteiger partial charge in [-0.15, -0.1) is 0 Å². The van der Waals surface area contributed by atoms with Crippen LogP contribution >= 0.6 is 0 Å². The molecule has 1 fully saturated rings. The van der Waals surface area contributed by atoms with Crippen LogP contribution in [-0.2, 0) is 6.54 Å². The quantitative estimate of drug-likeness (QED) is 0.755. The second-order valence-corrected chi connectivity index (χ2v) is 6.38. The van der Waals surface area contributed by atoms with Gasteiger partial charge in [-0.25, -0.2) is 4.79 Å². The van der Waals surface area contributed by atoms with Crippen molar-refractivity contribution in [3.8, 4) is 11.3 Å². The van der Waals surface area contributed by atoms with E-state index in [1.54, 1.807) is 30.6 Å². The lowest BCUT2D eigenvalue weighted by Gasteiger charge is -2.22. The van der Waals surface area contributed by atoms with E-state index in [1.807, 2.05) is 24.4 Å². The molecule has 6 heteroatoms. The van der Waals surface area contributed by atoms with Crippen LogP contribution < -0.4 is 0 Å². The average Bonchev–Trinajstić information content (AvgIpc) is 3.32. The second-order valence-electron chi connectivity index (χ2n) is 6.38. The number of benzene rings is 1. The molecule has 2 aromatic heterocycles. The van der Waals surface area contributed by atoms with E-state index < -0.39 is 5.97 Å². The van der Waals surface area contributed by atoms with Crippen molar-refractivity contribution in [1.82, 2.24) is 14.9 Å². The number of carbonyl (C=O) groups is 1. The van der Waals surface area contributed by atoms with Crippen LogP contribution in [0.4, 0.5) is 0 Å². The predicted octanol–water partition coefficient (Wildman–Crippen LogP) is 3.77. The fourth-order valence-corrected chi connectivity index (χ4v) is 3.53. The summed E-state index contributed by atoms with van der Waals surface area (Å²) in [5.41, 5.74) is 1.82. The third-order valence-electron chi connectivity index (χ3n) is 4.73. The van der Waals surface area contributed by atoms with Crippen molar-refractivity contribution in [3.63, 3.8) is 0 Å². The number of aromatic carboxylic acids is 1. The summed E-state index contributed by atoms with van der Waals surface area (Å²) in [6.07, 6.45) is 7.38. The lowest BCUT2D eigenvalue weighted by molar-refractivity contribution is 0.0697. The van der Waals surface area contributed by atoms with Crippen LogP contribution in [0.5, 0.6) is 0 Å². The van der Waals surface area contributed by atoms with Gasteiger partial charge in [0.15, 0.2) is 0 Å². The Labute approximate surface area is 151 Å². The average molecular weight is 349 g/mol. The topological polar surface area (TPSA) is 79.5 Å². The molecule has 1 aliphatic rings. The largest absolute Gasteiger partial charge is 0.478 e. The summed E-state index contributed by atoms with van der Waals surface area (Å²) in [6.45, 7) is 1.64. The maximum Gasteiger partial charge on any atom is 0.336 e. The summed E-state index contributed by atoms with van der Waals surface area (Å²) < 4.78 is 5.97. The highest BCUT2D eigenvalue weighted by molar-refractivity contribution is 5.95. The highest BCUT2D eigenvalue weighted by Gasteiger charge is 2.28. The van der Waals surface area contributed by atoms with Crippen LogP contribution in [-0.4, -0.2) is 32.5 Å². The van der Waals surface area contributed by atoms with Gasteiger partial charge in [0.1, 0.15) is 11.5 Å². The van der Waals surface area contributed by atoms with Crippen LogP contribution in [0.25, 0.3) is 11.3 Å². The molecule has 1 N–H and O–H groups in total. The smallest absolute Gasteiger partial charge is 0.336 e. The highest BCUT2D eigenvalue weighted by atomic mass is 16.4. The lowest BCUT2D eigenvalue weighted by atomic mass is 10.1. The predicted molar refractivity (Wildman–Crippen MR) is 95.5 cm³/mol. The zero-order valence-electron chi connectivity index (χ0n) is 14.2. The molecule has 0 spiro atoms. The van der Waals surface area contributed by atoms with Gasteiger partial charge < -0.3 is 9.52 Å². The summed E-state index contributed by atoms with van der Waals surface area (Å²) in [7, 11) is 0. The fourth-order valence-electron chi connectivity index (χ4n) is 3.53. The van der Waals surface area contributed by atoms with E-state index in [4.69, 9.17) is 4.42 Å². The second kappa shape index (κ2) is 7.09. The molecule has 3 aromatic rings. The number of rotatable bonds is 5. The van der Waals surface area contributed by atoms with Crippen LogP contribution in [0.1, 0.15) is 40.7 Å². The summed E-state index contributed by atoms with van der Waals surface area (Å²) in [5.74, 6) is 0.435. The number of nitrogens with zero attached hydrogens (tertiary/aromatic N) is 3. The third-order valence-corrected chi connectivity index (χ3v) is 4.73. The molecular weight excluding hydrogens is 330 g/mol. The van der Waals surface area contributed by atoms with Gasteiger partial charge in [-0.3, -0.25) is 14.9 Å². The molecule has 3 heterocycles. The van der Waals surface area contributed by atoms with Crippen molar-refractivity contribution in [2.24, 2.45) is 0 Å². The minimum atomic E-state index is -0.958. The number of carboxylic acids is 1. The van der Waals surface area contributed by atoms with Gasteiger partial charge >= 0.3 is 5.97 Å². The van der Waals surface area contributed by atoms with E-state index >= 15 is 0 Å². The van der Waals surface area contributed by atoms with Gasteiger partial charge in [-0.05, 0) is 37.6 Å².